The van der Waals surface area contributed by atoms with Crippen LogP contribution in [0.4, 0.5) is 0 Å². The Labute approximate surface area is 120 Å². The molecule has 18 heavy (non-hydrogen) atoms. The van der Waals surface area contributed by atoms with Crippen LogP contribution in [0, 0.1) is 0 Å². The van der Waals surface area contributed by atoms with Crippen molar-refractivity contribution in [3.05, 3.63) is 29.3 Å². The van der Waals surface area contributed by atoms with Crippen molar-refractivity contribution >= 4 is 15.9 Å². The highest BCUT2D eigenvalue weighted by Crippen LogP contribution is 2.32. The second-order valence-electron chi connectivity index (χ2n) is 5.68. The van der Waals surface area contributed by atoms with Crippen LogP contribution in [0.3, 0.4) is 0 Å². The molecule has 0 amide bonds. The fourth-order valence-corrected chi connectivity index (χ4v) is 2.28. The van der Waals surface area contributed by atoms with Crippen molar-refractivity contribution < 1.29 is 4.74 Å². The summed E-state index contributed by atoms with van der Waals surface area (Å²) in [5.41, 5.74) is 2.84. The normalized spacial score (nSPS) is 11.6. The summed E-state index contributed by atoms with van der Waals surface area (Å²) in [6.45, 7) is 9.73. The fraction of sp³-hybridized carbons (Fsp3) is 0.625. The number of benzene rings is 1. The summed E-state index contributed by atoms with van der Waals surface area (Å²) in [6.07, 6.45) is 3.34. The van der Waals surface area contributed by atoms with Gasteiger partial charge in [-0.3, -0.25) is 0 Å². The first-order chi connectivity index (χ1) is 8.49. The van der Waals surface area contributed by atoms with Gasteiger partial charge in [-0.15, -0.1) is 0 Å². The lowest BCUT2D eigenvalue weighted by Crippen LogP contribution is -2.14. The summed E-state index contributed by atoms with van der Waals surface area (Å²) in [7, 11) is 0. The van der Waals surface area contributed by atoms with Crippen molar-refractivity contribution in [2.24, 2.45) is 0 Å². The molecule has 0 unspecified atom stereocenters. The molecule has 0 N–H and O–H groups in total. The van der Waals surface area contributed by atoms with Gasteiger partial charge in [0.15, 0.2) is 0 Å². The molecule has 0 saturated carbocycles. The molecule has 0 aliphatic rings. The molecule has 0 saturated heterocycles. The lowest BCUT2D eigenvalue weighted by Gasteiger charge is -2.23. The molecule has 0 atom stereocenters. The zero-order valence-corrected chi connectivity index (χ0v) is 13.6. The molecule has 0 spiro atoms. The van der Waals surface area contributed by atoms with Crippen molar-refractivity contribution in [1.82, 2.24) is 0 Å². The SMILES string of the molecule is CCc1ccc(OCCCCBr)c(C(C)(C)C)c1. The molecule has 1 aromatic rings. The lowest BCUT2D eigenvalue weighted by molar-refractivity contribution is 0.301. The molecule has 2 heteroatoms. The summed E-state index contributed by atoms with van der Waals surface area (Å²) in [4.78, 5) is 0. The highest BCUT2D eigenvalue weighted by atomic mass is 79.9. The van der Waals surface area contributed by atoms with E-state index in [1.165, 1.54) is 11.1 Å². The van der Waals surface area contributed by atoms with E-state index in [4.69, 9.17) is 4.74 Å². The smallest absolute Gasteiger partial charge is 0.123 e. The Balaban J connectivity index is 2.82. The van der Waals surface area contributed by atoms with Gasteiger partial charge < -0.3 is 4.74 Å². The molecule has 0 aromatic heterocycles. The summed E-state index contributed by atoms with van der Waals surface area (Å²) in [6, 6.07) is 6.60. The van der Waals surface area contributed by atoms with E-state index >= 15 is 0 Å². The van der Waals surface area contributed by atoms with Crippen molar-refractivity contribution in [1.29, 1.82) is 0 Å². The second-order valence-corrected chi connectivity index (χ2v) is 6.47. The molecule has 0 aliphatic carbocycles. The molecule has 1 aromatic carbocycles. The van der Waals surface area contributed by atoms with Gasteiger partial charge in [0.1, 0.15) is 5.75 Å². The lowest BCUT2D eigenvalue weighted by atomic mass is 9.85. The average molecular weight is 313 g/mol. The number of unbranched alkanes of at least 4 members (excludes halogenated alkanes) is 1. The molecule has 0 bridgehead atoms. The summed E-state index contributed by atoms with van der Waals surface area (Å²) >= 11 is 3.45. The Morgan fingerprint density at radius 3 is 2.44 bits per heavy atom. The highest BCUT2D eigenvalue weighted by molar-refractivity contribution is 9.09. The standard InChI is InChI=1S/C16H25BrO/c1-5-13-8-9-15(18-11-7-6-10-17)14(12-13)16(2,3)4/h8-9,12H,5-7,10-11H2,1-4H3. The predicted octanol–water partition coefficient (Wildman–Crippen LogP) is 5.10. The van der Waals surface area contributed by atoms with E-state index in [-0.39, 0.29) is 5.41 Å². The molecule has 102 valence electrons. The Kier molecular flexibility index (Phi) is 6.20. The van der Waals surface area contributed by atoms with Crippen molar-refractivity contribution in [2.45, 2.75) is 52.4 Å². The summed E-state index contributed by atoms with van der Waals surface area (Å²) < 4.78 is 5.94. The van der Waals surface area contributed by atoms with Gasteiger partial charge in [-0.1, -0.05) is 55.8 Å². The number of ether oxygens (including phenoxy) is 1. The first-order valence-corrected chi connectivity index (χ1v) is 7.93. The number of hydrogen-bond donors (Lipinski definition) is 0. The molecule has 1 rings (SSSR count). The maximum absolute atomic E-state index is 5.94. The molecule has 0 fully saturated rings. The third kappa shape index (κ3) is 4.64. The summed E-state index contributed by atoms with van der Waals surface area (Å²) in [5, 5.41) is 1.05. The van der Waals surface area contributed by atoms with Crippen LogP contribution >= 0.6 is 15.9 Å². The van der Waals surface area contributed by atoms with E-state index in [1.807, 2.05) is 0 Å². The minimum absolute atomic E-state index is 0.135. The van der Waals surface area contributed by atoms with Gasteiger partial charge >= 0.3 is 0 Å². The quantitative estimate of drug-likeness (QED) is 0.524. The maximum Gasteiger partial charge on any atom is 0.123 e. The van der Waals surface area contributed by atoms with E-state index in [1.54, 1.807) is 0 Å². The maximum atomic E-state index is 5.94. The number of halogens is 1. The third-order valence-corrected chi connectivity index (χ3v) is 3.61. The molecular weight excluding hydrogens is 288 g/mol. The van der Waals surface area contributed by atoms with Gasteiger partial charge in [-0.2, -0.15) is 0 Å². The van der Waals surface area contributed by atoms with Crippen molar-refractivity contribution in [3.63, 3.8) is 0 Å². The van der Waals surface area contributed by atoms with Crippen LogP contribution in [-0.4, -0.2) is 11.9 Å². The van der Waals surface area contributed by atoms with E-state index in [9.17, 15) is 0 Å². The van der Waals surface area contributed by atoms with Gasteiger partial charge in [0, 0.05) is 5.33 Å². The van der Waals surface area contributed by atoms with Crippen molar-refractivity contribution in [2.75, 3.05) is 11.9 Å². The van der Waals surface area contributed by atoms with Crippen molar-refractivity contribution in [3.8, 4) is 5.75 Å². The Bertz CT molecular complexity index is 366. The monoisotopic (exact) mass is 312 g/mol. The van der Waals surface area contributed by atoms with Crippen LogP contribution in [0.5, 0.6) is 5.75 Å². The van der Waals surface area contributed by atoms with Gasteiger partial charge in [0.25, 0.3) is 0 Å². The minimum Gasteiger partial charge on any atom is -0.493 e. The van der Waals surface area contributed by atoms with Crippen LogP contribution in [0.15, 0.2) is 18.2 Å². The number of aryl methyl sites for hydroxylation is 1. The van der Waals surface area contributed by atoms with Gasteiger partial charge in [-0.05, 0) is 41.9 Å². The second kappa shape index (κ2) is 7.18. The van der Waals surface area contributed by atoms with Crippen LogP contribution in [-0.2, 0) is 11.8 Å². The van der Waals surface area contributed by atoms with Crippen LogP contribution in [0.25, 0.3) is 0 Å². The molecule has 1 nitrogen and oxygen atoms in total. The number of hydrogen-bond acceptors (Lipinski definition) is 1. The van der Waals surface area contributed by atoms with Crippen LogP contribution in [0.2, 0.25) is 0 Å². The zero-order valence-electron chi connectivity index (χ0n) is 12.1. The summed E-state index contributed by atoms with van der Waals surface area (Å²) in [5.74, 6) is 1.05. The van der Waals surface area contributed by atoms with E-state index in [0.29, 0.717) is 0 Å². The highest BCUT2D eigenvalue weighted by Gasteiger charge is 2.19. The number of alkyl halides is 1. The minimum atomic E-state index is 0.135. The molecule has 0 heterocycles. The van der Waals surface area contributed by atoms with Gasteiger partial charge in [-0.25, -0.2) is 0 Å². The largest absolute Gasteiger partial charge is 0.493 e. The Morgan fingerprint density at radius 2 is 1.89 bits per heavy atom. The zero-order chi connectivity index (χ0) is 13.6. The third-order valence-electron chi connectivity index (χ3n) is 3.05. The Morgan fingerprint density at radius 1 is 1.17 bits per heavy atom. The van der Waals surface area contributed by atoms with Crippen LogP contribution < -0.4 is 4.74 Å². The first-order valence-electron chi connectivity index (χ1n) is 6.81. The van der Waals surface area contributed by atoms with E-state index in [2.05, 4.69) is 61.8 Å². The molecule has 0 radical (unpaired) electrons. The predicted molar refractivity (Wildman–Crippen MR) is 83.0 cm³/mol. The molecular formula is C16H25BrO. The number of rotatable bonds is 6. The first kappa shape index (κ1) is 15.6. The topological polar surface area (TPSA) is 9.23 Å². The molecule has 0 aliphatic heterocycles. The average Bonchev–Trinajstić information content (AvgIpc) is 2.33. The van der Waals surface area contributed by atoms with Gasteiger partial charge in [0.2, 0.25) is 0 Å². The van der Waals surface area contributed by atoms with Crippen LogP contribution in [0.1, 0.15) is 51.7 Å². The Hall–Kier alpha value is -0.500. The van der Waals surface area contributed by atoms with Gasteiger partial charge in [0.05, 0.1) is 6.61 Å². The van der Waals surface area contributed by atoms with E-state index in [0.717, 1.165) is 36.9 Å². The van der Waals surface area contributed by atoms with E-state index < -0.39 is 0 Å². The fourth-order valence-electron chi connectivity index (χ4n) is 1.89.